The maximum Gasteiger partial charge on any atom is 0.256 e. The first kappa shape index (κ1) is 19.5. The molecule has 146 valence electrons. The Bertz CT molecular complexity index is 1100. The molecule has 3 aromatic rings. The molecule has 29 heavy (non-hydrogen) atoms. The normalized spacial score (nSPS) is 16.0. The molecule has 4 nitrogen and oxygen atoms in total. The molecule has 1 N–H and O–H groups in total. The molecule has 3 aromatic carbocycles. The molecule has 0 fully saturated rings. The Balaban J connectivity index is 1.91. The van der Waals surface area contributed by atoms with E-state index in [-0.39, 0.29) is 18.4 Å². The minimum atomic E-state index is -0.760. The molecule has 1 heterocycles. The molecule has 0 aromatic heterocycles. The number of hydrogen-bond donors (Lipinski definition) is 1. The highest BCUT2D eigenvalue weighted by atomic mass is 127. The molecule has 1 aliphatic heterocycles. The van der Waals surface area contributed by atoms with Crippen LogP contribution in [0.3, 0.4) is 0 Å². The Morgan fingerprint density at radius 3 is 2.41 bits per heavy atom. The average molecular weight is 504 g/mol. The van der Waals surface area contributed by atoms with Crippen molar-refractivity contribution >= 4 is 40.1 Å². The standard InChI is InChI=1S/C22H15F2IN2O2/c23-14-7-5-13(6-8-14)21-17-11-15(24)9-10-19(17)26-20(28)12-27(21)22(29)16-3-1-2-4-18(16)25/h1-11,21H,12H2,(H,26,28). The van der Waals surface area contributed by atoms with Gasteiger partial charge in [-0.2, -0.15) is 0 Å². The van der Waals surface area contributed by atoms with Crippen molar-refractivity contribution in [3.05, 3.63) is 98.6 Å². The summed E-state index contributed by atoms with van der Waals surface area (Å²) in [6, 6.07) is 15.9. The minimum Gasteiger partial charge on any atom is -0.324 e. The van der Waals surface area contributed by atoms with E-state index >= 15 is 0 Å². The molecule has 4 rings (SSSR count). The van der Waals surface area contributed by atoms with Crippen molar-refractivity contribution in [2.75, 3.05) is 11.9 Å². The first-order valence-electron chi connectivity index (χ1n) is 8.84. The molecule has 0 radical (unpaired) electrons. The van der Waals surface area contributed by atoms with Gasteiger partial charge in [0.2, 0.25) is 5.91 Å². The number of nitrogens with one attached hydrogen (secondary N) is 1. The van der Waals surface area contributed by atoms with E-state index in [2.05, 4.69) is 27.9 Å². The summed E-state index contributed by atoms with van der Waals surface area (Å²) in [4.78, 5) is 27.4. The third kappa shape index (κ3) is 3.87. The molecule has 0 aliphatic carbocycles. The molecule has 0 spiro atoms. The molecule has 7 heteroatoms. The van der Waals surface area contributed by atoms with E-state index in [9.17, 15) is 18.4 Å². The number of carbonyl (C=O) groups excluding carboxylic acids is 2. The van der Waals surface area contributed by atoms with Crippen molar-refractivity contribution in [3.8, 4) is 0 Å². The van der Waals surface area contributed by atoms with Crippen LogP contribution in [0.2, 0.25) is 0 Å². The van der Waals surface area contributed by atoms with E-state index < -0.39 is 17.7 Å². The molecule has 1 unspecified atom stereocenters. The largest absolute Gasteiger partial charge is 0.324 e. The lowest BCUT2D eigenvalue weighted by Gasteiger charge is -2.31. The average Bonchev–Trinajstić information content (AvgIpc) is 2.84. The number of rotatable bonds is 2. The summed E-state index contributed by atoms with van der Waals surface area (Å²) in [5, 5.41) is 2.74. The SMILES string of the molecule is O=C1CN(C(=O)c2ccccc2I)C(c2ccc(F)cc2)c2cc(F)ccc2N1. The Morgan fingerprint density at radius 1 is 1.00 bits per heavy atom. The quantitative estimate of drug-likeness (QED) is 0.513. The molecule has 1 aliphatic rings. The second-order valence-corrected chi connectivity index (χ2v) is 7.81. The number of nitrogens with zero attached hydrogens (tertiary/aromatic N) is 1. The Labute approximate surface area is 179 Å². The molecule has 0 bridgehead atoms. The zero-order valence-electron chi connectivity index (χ0n) is 15.0. The topological polar surface area (TPSA) is 49.4 Å². The van der Waals surface area contributed by atoms with Gasteiger partial charge < -0.3 is 10.2 Å². The molecule has 0 saturated carbocycles. The highest BCUT2D eigenvalue weighted by molar-refractivity contribution is 14.1. The van der Waals surface area contributed by atoms with Gasteiger partial charge in [-0.15, -0.1) is 0 Å². The van der Waals surface area contributed by atoms with Gasteiger partial charge in [-0.1, -0.05) is 24.3 Å². The zero-order valence-corrected chi connectivity index (χ0v) is 17.2. The van der Waals surface area contributed by atoms with E-state index in [4.69, 9.17) is 0 Å². The summed E-state index contributed by atoms with van der Waals surface area (Å²) in [5.74, 6) is -1.67. The summed E-state index contributed by atoms with van der Waals surface area (Å²) in [5.41, 5.74) is 1.87. The van der Waals surface area contributed by atoms with Crippen LogP contribution in [0, 0.1) is 15.2 Å². The van der Waals surface area contributed by atoms with Gasteiger partial charge in [-0.3, -0.25) is 9.59 Å². The van der Waals surface area contributed by atoms with Crippen LogP contribution < -0.4 is 5.32 Å². The summed E-state index contributed by atoms with van der Waals surface area (Å²) in [6.07, 6.45) is 0. The number of carbonyl (C=O) groups is 2. The number of hydrogen-bond acceptors (Lipinski definition) is 2. The van der Waals surface area contributed by atoms with Crippen molar-refractivity contribution in [1.82, 2.24) is 4.90 Å². The van der Waals surface area contributed by atoms with Crippen LogP contribution in [0.5, 0.6) is 0 Å². The van der Waals surface area contributed by atoms with E-state index in [1.54, 1.807) is 30.3 Å². The summed E-state index contributed by atoms with van der Waals surface area (Å²) in [7, 11) is 0. The number of halogens is 3. The van der Waals surface area contributed by atoms with Crippen LogP contribution in [-0.2, 0) is 4.79 Å². The fraction of sp³-hybridized carbons (Fsp3) is 0.0909. The van der Waals surface area contributed by atoms with E-state index in [0.29, 0.717) is 22.4 Å². The summed E-state index contributed by atoms with van der Waals surface area (Å²) < 4.78 is 28.4. The van der Waals surface area contributed by atoms with Gasteiger partial charge in [0.1, 0.15) is 18.2 Å². The monoisotopic (exact) mass is 504 g/mol. The molecular formula is C22H15F2IN2O2. The van der Waals surface area contributed by atoms with Gasteiger partial charge in [0.25, 0.3) is 5.91 Å². The summed E-state index contributed by atoms with van der Waals surface area (Å²) >= 11 is 2.06. The van der Waals surface area contributed by atoms with Crippen LogP contribution >= 0.6 is 22.6 Å². The summed E-state index contributed by atoms with van der Waals surface area (Å²) in [6.45, 7) is -0.220. The second kappa shape index (κ2) is 7.90. The predicted octanol–water partition coefficient (Wildman–Crippen LogP) is 4.75. The number of anilines is 1. The van der Waals surface area contributed by atoms with Gasteiger partial charge in [-0.05, 0) is 70.6 Å². The predicted molar refractivity (Wildman–Crippen MR) is 113 cm³/mol. The Morgan fingerprint density at radius 2 is 1.69 bits per heavy atom. The van der Waals surface area contributed by atoms with Crippen molar-refractivity contribution in [2.24, 2.45) is 0 Å². The zero-order chi connectivity index (χ0) is 20.5. The van der Waals surface area contributed by atoms with Gasteiger partial charge in [0, 0.05) is 14.8 Å². The second-order valence-electron chi connectivity index (χ2n) is 6.65. The lowest BCUT2D eigenvalue weighted by Crippen LogP contribution is -2.39. The highest BCUT2D eigenvalue weighted by Crippen LogP contribution is 2.37. The van der Waals surface area contributed by atoms with Crippen LogP contribution in [0.4, 0.5) is 14.5 Å². The highest BCUT2D eigenvalue weighted by Gasteiger charge is 2.34. The van der Waals surface area contributed by atoms with Crippen molar-refractivity contribution in [2.45, 2.75) is 6.04 Å². The van der Waals surface area contributed by atoms with E-state index in [1.165, 1.54) is 35.2 Å². The van der Waals surface area contributed by atoms with Crippen molar-refractivity contribution in [1.29, 1.82) is 0 Å². The first-order valence-corrected chi connectivity index (χ1v) is 9.92. The van der Waals surface area contributed by atoms with Gasteiger partial charge in [0.15, 0.2) is 0 Å². The lowest BCUT2D eigenvalue weighted by atomic mass is 9.95. The maximum absolute atomic E-state index is 14.1. The van der Waals surface area contributed by atoms with Crippen molar-refractivity contribution in [3.63, 3.8) is 0 Å². The molecule has 0 saturated heterocycles. The van der Waals surface area contributed by atoms with Crippen LogP contribution in [0.1, 0.15) is 27.5 Å². The fourth-order valence-corrected chi connectivity index (χ4v) is 4.08. The van der Waals surface area contributed by atoms with Gasteiger partial charge in [0.05, 0.1) is 11.6 Å². The first-order chi connectivity index (χ1) is 13.9. The maximum atomic E-state index is 14.1. The van der Waals surface area contributed by atoms with Crippen molar-refractivity contribution < 1.29 is 18.4 Å². The van der Waals surface area contributed by atoms with Gasteiger partial charge >= 0.3 is 0 Å². The van der Waals surface area contributed by atoms with Crippen LogP contribution in [-0.4, -0.2) is 23.3 Å². The molecule has 2 amide bonds. The lowest BCUT2D eigenvalue weighted by molar-refractivity contribution is -0.117. The number of benzene rings is 3. The van der Waals surface area contributed by atoms with Gasteiger partial charge in [-0.25, -0.2) is 8.78 Å². The van der Waals surface area contributed by atoms with E-state index in [1.807, 2.05) is 6.07 Å². The van der Waals surface area contributed by atoms with Crippen LogP contribution in [0.25, 0.3) is 0 Å². The smallest absolute Gasteiger partial charge is 0.256 e. The van der Waals surface area contributed by atoms with Crippen LogP contribution in [0.15, 0.2) is 66.7 Å². The Kier molecular flexibility index (Phi) is 5.31. The molecular weight excluding hydrogens is 489 g/mol. The third-order valence-electron chi connectivity index (χ3n) is 4.76. The number of amides is 2. The third-order valence-corrected chi connectivity index (χ3v) is 5.70. The fourth-order valence-electron chi connectivity index (χ4n) is 3.46. The minimum absolute atomic E-state index is 0.220. The number of fused-ring (bicyclic) bond motifs is 1. The van der Waals surface area contributed by atoms with E-state index in [0.717, 1.165) is 3.57 Å². The molecule has 1 atom stereocenters. The Hall–Kier alpha value is -2.81.